The van der Waals surface area contributed by atoms with Gasteiger partial charge in [0.15, 0.2) is 0 Å². The standard InChI is InChI=1S/C25H31N5O5/c1-19(31)26-12-15-28(16-13-26)23-9-4-20(18-24(23)30(33)34)25(32)29-11-3-10-27(14-17-29)21-5-7-22(35-2)8-6-21/h4-9,18H,3,10-17H2,1-2H3. The number of hydrogen-bond donors (Lipinski definition) is 0. The second kappa shape index (κ2) is 10.6. The Morgan fingerprint density at radius 2 is 1.51 bits per heavy atom. The number of hydrogen-bond acceptors (Lipinski definition) is 7. The summed E-state index contributed by atoms with van der Waals surface area (Å²) in [6.07, 6.45) is 0.804. The molecule has 0 radical (unpaired) electrons. The van der Waals surface area contributed by atoms with Crippen molar-refractivity contribution in [3.05, 3.63) is 58.1 Å². The normalized spacial score (nSPS) is 16.6. The van der Waals surface area contributed by atoms with Crippen LogP contribution in [0.4, 0.5) is 17.1 Å². The number of nitro groups is 1. The average Bonchev–Trinajstić information content (AvgIpc) is 3.14. The fourth-order valence-corrected chi connectivity index (χ4v) is 4.69. The quantitative estimate of drug-likeness (QED) is 0.478. The minimum Gasteiger partial charge on any atom is -0.497 e. The summed E-state index contributed by atoms with van der Waals surface area (Å²) in [5.74, 6) is 0.604. The van der Waals surface area contributed by atoms with Gasteiger partial charge in [0.25, 0.3) is 11.6 Å². The van der Waals surface area contributed by atoms with Crippen LogP contribution >= 0.6 is 0 Å². The van der Waals surface area contributed by atoms with Crippen molar-refractivity contribution in [3.8, 4) is 5.75 Å². The molecular weight excluding hydrogens is 450 g/mol. The summed E-state index contributed by atoms with van der Waals surface area (Å²) in [7, 11) is 1.63. The first-order valence-electron chi connectivity index (χ1n) is 11.8. The molecule has 2 aromatic carbocycles. The topological polar surface area (TPSA) is 99.5 Å². The lowest BCUT2D eigenvalue weighted by molar-refractivity contribution is -0.384. The first kappa shape index (κ1) is 24.3. The number of anilines is 2. The Hall–Kier alpha value is -3.82. The molecule has 0 atom stereocenters. The molecule has 186 valence electrons. The molecule has 0 spiro atoms. The number of carbonyl (C=O) groups excluding carboxylic acids is 2. The van der Waals surface area contributed by atoms with Crippen LogP contribution in [0.1, 0.15) is 23.7 Å². The van der Waals surface area contributed by atoms with Gasteiger partial charge in [-0.25, -0.2) is 0 Å². The summed E-state index contributed by atoms with van der Waals surface area (Å²) in [4.78, 5) is 43.9. The van der Waals surface area contributed by atoms with Crippen LogP contribution in [0.15, 0.2) is 42.5 Å². The number of carbonyl (C=O) groups is 2. The molecule has 0 unspecified atom stereocenters. The number of rotatable bonds is 5. The van der Waals surface area contributed by atoms with E-state index >= 15 is 0 Å². The van der Waals surface area contributed by atoms with E-state index in [1.165, 1.54) is 13.0 Å². The van der Waals surface area contributed by atoms with E-state index in [9.17, 15) is 19.7 Å². The molecule has 10 nitrogen and oxygen atoms in total. The van der Waals surface area contributed by atoms with Crippen molar-refractivity contribution in [1.29, 1.82) is 0 Å². The zero-order chi connectivity index (χ0) is 24.9. The highest BCUT2D eigenvalue weighted by Gasteiger charge is 2.27. The number of amides is 2. The van der Waals surface area contributed by atoms with Gasteiger partial charge in [-0.3, -0.25) is 19.7 Å². The summed E-state index contributed by atoms with van der Waals surface area (Å²) in [6.45, 7) is 6.22. The summed E-state index contributed by atoms with van der Waals surface area (Å²) in [5, 5.41) is 11.9. The molecule has 2 amide bonds. The van der Waals surface area contributed by atoms with Crippen LogP contribution in [0, 0.1) is 10.1 Å². The third-order valence-electron chi connectivity index (χ3n) is 6.71. The lowest BCUT2D eigenvalue weighted by Crippen LogP contribution is -2.48. The van der Waals surface area contributed by atoms with E-state index in [4.69, 9.17) is 4.74 Å². The van der Waals surface area contributed by atoms with Crippen molar-refractivity contribution in [2.75, 3.05) is 69.3 Å². The molecule has 0 aromatic heterocycles. The molecule has 2 aromatic rings. The Morgan fingerprint density at radius 3 is 2.14 bits per heavy atom. The molecule has 35 heavy (non-hydrogen) atoms. The van der Waals surface area contributed by atoms with E-state index in [0.717, 1.165) is 24.4 Å². The predicted molar refractivity (Wildman–Crippen MR) is 133 cm³/mol. The van der Waals surface area contributed by atoms with Gasteiger partial charge < -0.3 is 24.3 Å². The molecule has 0 aliphatic carbocycles. The molecule has 0 bridgehead atoms. The zero-order valence-electron chi connectivity index (χ0n) is 20.2. The smallest absolute Gasteiger partial charge is 0.293 e. The van der Waals surface area contributed by atoms with Crippen LogP contribution in [0.2, 0.25) is 0 Å². The van der Waals surface area contributed by atoms with Gasteiger partial charge in [0.05, 0.1) is 12.0 Å². The number of benzene rings is 2. The fourth-order valence-electron chi connectivity index (χ4n) is 4.69. The van der Waals surface area contributed by atoms with Crippen LogP contribution in [0.5, 0.6) is 5.75 Å². The maximum Gasteiger partial charge on any atom is 0.293 e. The van der Waals surface area contributed by atoms with Crippen molar-refractivity contribution in [2.24, 2.45) is 0 Å². The van der Waals surface area contributed by atoms with Crippen molar-refractivity contribution in [2.45, 2.75) is 13.3 Å². The van der Waals surface area contributed by atoms with E-state index in [2.05, 4.69) is 4.90 Å². The zero-order valence-corrected chi connectivity index (χ0v) is 20.2. The van der Waals surface area contributed by atoms with Crippen LogP contribution in [-0.4, -0.2) is 86.0 Å². The molecule has 10 heteroatoms. The maximum atomic E-state index is 13.3. The van der Waals surface area contributed by atoms with Gasteiger partial charge in [-0.05, 0) is 42.8 Å². The van der Waals surface area contributed by atoms with E-state index in [1.807, 2.05) is 29.2 Å². The molecule has 2 saturated heterocycles. The number of piperazine rings is 1. The van der Waals surface area contributed by atoms with E-state index < -0.39 is 4.92 Å². The van der Waals surface area contributed by atoms with Crippen LogP contribution in [0.3, 0.4) is 0 Å². The van der Waals surface area contributed by atoms with Gasteiger partial charge in [0, 0.05) is 76.6 Å². The third-order valence-corrected chi connectivity index (χ3v) is 6.71. The van der Waals surface area contributed by atoms with Gasteiger partial charge in [-0.1, -0.05) is 0 Å². The lowest BCUT2D eigenvalue weighted by Gasteiger charge is -2.35. The summed E-state index contributed by atoms with van der Waals surface area (Å²) >= 11 is 0. The molecule has 2 aliphatic heterocycles. The monoisotopic (exact) mass is 481 g/mol. The Labute approximate surface area is 204 Å². The predicted octanol–water partition coefficient (Wildman–Crippen LogP) is 2.62. The first-order chi connectivity index (χ1) is 16.9. The highest BCUT2D eigenvalue weighted by atomic mass is 16.6. The molecular formula is C25H31N5O5. The van der Waals surface area contributed by atoms with Crippen molar-refractivity contribution >= 4 is 28.9 Å². The van der Waals surface area contributed by atoms with Gasteiger partial charge in [0.2, 0.25) is 5.91 Å². The highest BCUT2D eigenvalue weighted by molar-refractivity contribution is 5.96. The lowest BCUT2D eigenvalue weighted by atomic mass is 10.1. The van der Waals surface area contributed by atoms with Crippen LogP contribution in [-0.2, 0) is 4.79 Å². The van der Waals surface area contributed by atoms with Crippen molar-refractivity contribution in [1.82, 2.24) is 9.80 Å². The maximum absolute atomic E-state index is 13.3. The van der Waals surface area contributed by atoms with E-state index in [-0.39, 0.29) is 17.5 Å². The van der Waals surface area contributed by atoms with Crippen molar-refractivity contribution < 1.29 is 19.2 Å². The summed E-state index contributed by atoms with van der Waals surface area (Å²) in [5.41, 5.74) is 1.80. The molecule has 2 aliphatic rings. The summed E-state index contributed by atoms with van der Waals surface area (Å²) in [6, 6.07) is 12.6. The highest BCUT2D eigenvalue weighted by Crippen LogP contribution is 2.31. The van der Waals surface area contributed by atoms with Crippen LogP contribution < -0.4 is 14.5 Å². The van der Waals surface area contributed by atoms with Gasteiger partial charge >= 0.3 is 0 Å². The molecule has 4 rings (SSSR count). The average molecular weight is 482 g/mol. The molecule has 2 fully saturated rings. The largest absolute Gasteiger partial charge is 0.497 e. The van der Waals surface area contributed by atoms with Gasteiger partial charge in [0.1, 0.15) is 11.4 Å². The number of nitrogens with zero attached hydrogens (tertiary/aromatic N) is 5. The molecule has 0 saturated carbocycles. The number of ether oxygens (including phenoxy) is 1. The minimum absolute atomic E-state index is 0.00287. The SMILES string of the molecule is COc1ccc(N2CCCN(C(=O)c3ccc(N4CCN(C(C)=O)CC4)c([N+](=O)[O-])c3)CC2)cc1. The second-order valence-corrected chi connectivity index (χ2v) is 8.78. The van der Waals surface area contributed by atoms with Gasteiger partial charge in [-0.2, -0.15) is 0 Å². The van der Waals surface area contributed by atoms with E-state index in [1.54, 1.807) is 29.0 Å². The molecule has 2 heterocycles. The fraction of sp³-hybridized carbons (Fsp3) is 0.440. The third kappa shape index (κ3) is 5.47. The summed E-state index contributed by atoms with van der Waals surface area (Å²) < 4.78 is 5.23. The number of nitro benzene ring substituents is 1. The Bertz CT molecular complexity index is 1080. The van der Waals surface area contributed by atoms with Crippen LogP contribution in [0.25, 0.3) is 0 Å². The minimum atomic E-state index is -0.433. The Kier molecular flexibility index (Phi) is 7.38. The van der Waals surface area contributed by atoms with Gasteiger partial charge in [-0.15, -0.1) is 0 Å². The van der Waals surface area contributed by atoms with E-state index in [0.29, 0.717) is 57.1 Å². The Balaban J connectivity index is 1.45. The number of methoxy groups -OCH3 is 1. The first-order valence-corrected chi connectivity index (χ1v) is 11.8. The molecule has 0 N–H and O–H groups in total. The second-order valence-electron chi connectivity index (χ2n) is 8.78. The Morgan fingerprint density at radius 1 is 0.857 bits per heavy atom. The van der Waals surface area contributed by atoms with Crippen molar-refractivity contribution in [3.63, 3.8) is 0 Å².